The van der Waals surface area contributed by atoms with Crippen molar-refractivity contribution < 1.29 is 38.0 Å². The van der Waals surface area contributed by atoms with Gasteiger partial charge in [-0.1, -0.05) is 121 Å². The Morgan fingerprint density at radius 1 is 0.620 bits per heavy atom. The van der Waals surface area contributed by atoms with Crippen LogP contribution in [0.5, 0.6) is 0 Å². The first-order chi connectivity index (χ1) is 24.6. The maximum Gasteiger partial charge on any atom is 0.416 e. The third-order valence-corrected chi connectivity index (χ3v) is 8.92. The average molecular weight is 680 g/mol. The monoisotopic (exact) mass is 679 g/mol. The Labute approximate surface area is 294 Å². The van der Waals surface area contributed by atoms with Gasteiger partial charge in [0.1, 0.15) is 31.0 Å². The summed E-state index contributed by atoms with van der Waals surface area (Å²) in [6.07, 6.45) is -1.96. The van der Waals surface area contributed by atoms with Crippen molar-refractivity contribution in [3.05, 3.63) is 144 Å². The molecule has 4 aromatic rings. The summed E-state index contributed by atoms with van der Waals surface area (Å²) in [7, 11) is 0. The number of amides is 2. The van der Waals surface area contributed by atoms with E-state index in [0.29, 0.717) is 39.3 Å². The van der Waals surface area contributed by atoms with Crippen LogP contribution in [0.15, 0.2) is 121 Å². The number of hydrogen-bond acceptors (Lipinski definition) is 8. The molecule has 2 amide bonds. The van der Waals surface area contributed by atoms with Gasteiger partial charge in [-0.2, -0.15) is 0 Å². The van der Waals surface area contributed by atoms with E-state index in [0.717, 1.165) is 22.3 Å². The second kappa shape index (κ2) is 18.6. The molecule has 0 radical (unpaired) electrons. The third-order valence-electron chi connectivity index (χ3n) is 8.92. The summed E-state index contributed by atoms with van der Waals surface area (Å²) in [5, 5.41) is 0. The SMILES string of the molecule is O=C(CCC[C@H]1O[C@H](COCc2ccccc2)[C@H](OCc2ccccc2)[C@H](OCc2ccccc2)[C@H]1OCc1ccccc1)N1CCOC1=O. The van der Waals surface area contributed by atoms with Gasteiger partial charge >= 0.3 is 6.09 Å². The van der Waals surface area contributed by atoms with E-state index in [9.17, 15) is 9.59 Å². The first-order valence-electron chi connectivity index (χ1n) is 17.3. The second-order valence-electron chi connectivity index (χ2n) is 12.5. The van der Waals surface area contributed by atoms with Crippen molar-refractivity contribution >= 4 is 12.0 Å². The van der Waals surface area contributed by atoms with Crippen molar-refractivity contribution in [1.29, 1.82) is 0 Å². The van der Waals surface area contributed by atoms with E-state index in [1.807, 2.05) is 121 Å². The molecule has 0 aliphatic carbocycles. The quantitative estimate of drug-likeness (QED) is 0.119. The van der Waals surface area contributed by atoms with Gasteiger partial charge in [0.15, 0.2) is 0 Å². The molecule has 0 N–H and O–H groups in total. The topological polar surface area (TPSA) is 92.8 Å². The Bertz CT molecular complexity index is 1590. The molecule has 0 spiro atoms. The largest absolute Gasteiger partial charge is 0.447 e. The molecule has 2 fully saturated rings. The van der Waals surface area contributed by atoms with Crippen molar-refractivity contribution in [2.75, 3.05) is 19.8 Å². The number of carbonyl (C=O) groups excluding carboxylic acids is 2. The van der Waals surface area contributed by atoms with Crippen LogP contribution in [-0.2, 0) is 59.6 Å². The molecular weight excluding hydrogens is 634 g/mol. The average Bonchev–Trinajstić information content (AvgIpc) is 3.60. The van der Waals surface area contributed by atoms with Crippen LogP contribution < -0.4 is 0 Å². The van der Waals surface area contributed by atoms with Crippen LogP contribution >= 0.6 is 0 Å². The zero-order chi connectivity index (χ0) is 34.4. The lowest BCUT2D eigenvalue weighted by molar-refractivity contribution is -0.273. The molecule has 262 valence electrons. The van der Waals surface area contributed by atoms with Crippen LogP contribution in [0.25, 0.3) is 0 Å². The summed E-state index contributed by atoms with van der Waals surface area (Å²) in [4.78, 5) is 26.1. The maximum atomic E-state index is 12.9. The highest BCUT2D eigenvalue weighted by atomic mass is 16.6. The summed E-state index contributed by atoms with van der Waals surface area (Å²) in [6, 6.07) is 40.1. The summed E-state index contributed by atoms with van der Waals surface area (Å²) in [5.41, 5.74) is 4.13. The Morgan fingerprint density at radius 3 is 1.56 bits per heavy atom. The van der Waals surface area contributed by atoms with Gasteiger partial charge in [-0.3, -0.25) is 4.79 Å². The predicted molar refractivity (Wildman–Crippen MR) is 187 cm³/mol. The van der Waals surface area contributed by atoms with Crippen LogP contribution in [0.4, 0.5) is 4.79 Å². The van der Waals surface area contributed by atoms with Crippen molar-refractivity contribution in [3.63, 3.8) is 0 Å². The highest BCUT2D eigenvalue weighted by Crippen LogP contribution is 2.33. The van der Waals surface area contributed by atoms with Crippen LogP contribution in [0.2, 0.25) is 0 Å². The number of hydrogen-bond donors (Lipinski definition) is 0. The summed E-state index contributed by atoms with van der Waals surface area (Å²) < 4.78 is 38.4. The molecule has 2 aliphatic rings. The third kappa shape index (κ3) is 10.1. The minimum absolute atomic E-state index is 0.180. The van der Waals surface area contributed by atoms with E-state index in [1.54, 1.807) is 0 Å². The minimum Gasteiger partial charge on any atom is -0.447 e. The number of benzene rings is 4. The van der Waals surface area contributed by atoms with E-state index >= 15 is 0 Å². The van der Waals surface area contributed by atoms with Gasteiger partial charge in [0.25, 0.3) is 0 Å². The van der Waals surface area contributed by atoms with Crippen LogP contribution in [-0.4, -0.2) is 67.2 Å². The number of rotatable bonds is 17. The normalized spacial score (nSPS) is 22.0. The van der Waals surface area contributed by atoms with Gasteiger partial charge in [-0.05, 0) is 35.1 Å². The van der Waals surface area contributed by atoms with E-state index in [2.05, 4.69) is 0 Å². The maximum absolute atomic E-state index is 12.9. The van der Waals surface area contributed by atoms with Crippen molar-refractivity contribution in [2.45, 2.75) is 76.2 Å². The molecule has 5 atom stereocenters. The molecule has 9 heteroatoms. The van der Waals surface area contributed by atoms with Crippen molar-refractivity contribution in [3.8, 4) is 0 Å². The smallest absolute Gasteiger partial charge is 0.416 e. The van der Waals surface area contributed by atoms with Gasteiger partial charge in [0.2, 0.25) is 5.91 Å². The fourth-order valence-corrected chi connectivity index (χ4v) is 6.33. The van der Waals surface area contributed by atoms with Crippen LogP contribution in [0, 0.1) is 0 Å². The molecule has 6 rings (SSSR count). The van der Waals surface area contributed by atoms with Crippen LogP contribution in [0.3, 0.4) is 0 Å². The van der Waals surface area contributed by atoms with E-state index in [4.69, 9.17) is 28.4 Å². The minimum atomic E-state index is -0.587. The van der Waals surface area contributed by atoms with Gasteiger partial charge in [-0.15, -0.1) is 0 Å². The molecule has 50 heavy (non-hydrogen) atoms. The van der Waals surface area contributed by atoms with Crippen molar-refractivity contribution in [1.82, 2.24) is 4.90 Å². The van der Waals surface area contributed by atoms with Crippen molar-refractivity contribution in [2.24, 2.45) is 0 Å². The molecule has 0 aromatic heterocycles. The fourth-order valence-electron chi connectivity index (χ4n) is 6.33. The predicted octanol–water partition coefficient (Wildman–Crippen LogP) is 6.88. The molecule has 2 heterocycles. The summed E-state index contributed by atoms with van der Waals surface area (Å²) >= 11 is 0. The molecule has 9 nitrogen and oxygen atoms in total. The number of carbonyl (C=O) groups is 2. The fraction of sp³-hybridized carbons (Fsp3) is 0.366. The second-order valence-corrected chi connectivity index (χ2v) is 12.5. The van der Waals surface area contributed by atoms with Gasteiger partial charge in [0, 0.05) is 6.42 Å². The van der Waals surface area contributed by atoms with Gasteiger partial charge in [0.05, 0.1) is 45.7 Å². The molecule has 0 saturated carbocycles. The lowest BCUT2D eigenvalue weighted by Gasteiger charge is -2.46. The molecule has 0 unspecified atom stereocenters. The summed E-state index contributed by atoms with van der Waals surface area (Å²) in [6.45, 7) is 2.22. The lowest BCUT2D eigenvalue weighted by Crippen LogP contribution is -2.61. The molecule has 0 bridgehead atoms. The van der Waals surface area contributed by atoms with E-state index in [1.165, 1.54) is 4.90 Å². The Balaban J connectivity index is 1.26. The number of ether oxygens (including phenoxy) is 6. The first-order valence-corrected chi connectivity index (χ1v) is 17.3. The standard InChI is InChI=1S/C41H45NO8/c43-37(42-24-25-46-41(42)44)23-13-22-35-38(47-27-32-16-7-2-8-17-32)40(49-29-34-20-11-4-12-21-34)39(48-28-33-18-9-3-10-19-33)36(50-35)30-45-26-31-14-5-1-6-15-31/h1-12,14-21,35-36,38-40H,13,22-30H2/t35-,36-,38+,39+,40-/m1/s1. The molecule has 4 aromatic carbocycles. The van der Waals surface area contributed by atoms with Gasteiger partial charge in [-0.25, -0.2) is 9.69 Å². The zero-order valence-corrected chi connectivity index (χ0v) is 28.2. The highest BCUT2D eigenvalue weighted by molar-refractivity contribution is 5.92. The number of cyclic esters (lactones) is 1. The number of nitrogens with zero attached hydrogens (tertiary/aromatic N) is 1. The molecule has 2 aliphatic heterocycles. The van der Waals surface area contributed by atoms with E-state index in [-0.39, 0.29) is 32.1 Å². The number of imide groups is 1. The Kier molecular flexibility index (Phi) is 13.2. The first kappa shape index (κ1) is 35.4. The summed E-state index contributed by atoms with van der Waals surface area (Å²) in [5.74, 6) is -0.256. The van der Waals surface area contributed by atoms with E-state index < -0.39 is 36.6 Å². The Morgan fingerprint density at radius 2 is 1.08 bits per heavy atom. The lowest BCUT2D eigenvalue weighted by atomic mass is 9.91. The zero-order valence-electron chi connectivity index (χ0n) is 28.2. The Hall–Kier alpha value is -4.38. The van der Waals surface area contributed by atoms with Gasteiger partial charge < -0.3 is 28.4 Å². The van der Waals surface area contributed by atoms with Crippen LogP contribution in [0.1, 0.15) is 41.5 Å². The molecular formula is C41H45NO8. The molecule has 2 saturated heterocycles. The highest BCUT2D eigenvalue weighted by Gasteiger charge is 2.48.